The largest absolute Gasteiger partial charge is 0.306 e. The number of nitrogens with zero attached hydrogens (tertiary/aromatic N) is 1. The number of anilines is 3. The third-order valence-electron chi connectivity index (χ3n) is 8.80. The molecule has 0 aromatic heterocycles. The molecular formula is C39H30NP3. The van der Waals surface area contributed by atoms with E-state index in [1.54, 1.807) is 0 Å². The molecule has 4 heteroatoms. The van der Waals surface area contributed by atoms with Crippen LogP contribution in [0, 0.1) is 20.8 Å². The summed E-state index contributed by atoms with van der Waals surface area (Å²) in [6.45, 7) is 6.90. The van der Waals surface area contributed by atoms with Crippen molar-refractivity contribution >= 4 is 88.6 Å². The van der Waals surface area contributed by atoms with Crippen molar-refractivity contribution in [2.75, 3.05) is 4.90 Å². The fourth-order valence-electron chi connectivity index (χ4n) is 7.22. The molecule has 0 amide bonds. The third-order valence-corrected chi connectivity index (χ3v) is 16.2. The molecular weight excluding hydrogens is 575 g/mol. The van der Waals surface area contributed by atoms with Crippen LogP contribution in [0.5, 0.6) is 0 Å². The summed E-state index contributed by atoms with van der Waals surface area (Å²) in [5, 5.41) is 13.3. The number of rotatable bonds is 3. The lowest BCUT2D eigenvalue weighted by Gasteiger charge is -2.50. The predicted molar refractivity (Wildman–Crippen MR) is 192 cm³/mol. The van der Waals surface area contributed by atoms with E-state index < -0.39 is 23.8 Å². The molecule has 0 saturated carbocycles. The van der Waals surface area contributed by atoms with Gasteiger partial charge in [-0.1, -0.05) is 91.0 Å². The third kappa shape index (κ3) is 3.76. The van der Waals surface area contributed by atoms with E-state index in [4.69, 9.17) is 0 Å². The molecule has 0 bridgehead atoms. The molecule has 3 aliphatic heterocycles. The van der Waals surface area contributed by atoms with Crippen molar-refractivity contribution in [3.8, 4) is 0 Å². The van der Waals surface area contributed by atoms with Gasteiger partial charge in [0.15, 0.2) is 0 Å². The monoisotopic (exact) mass is 605 g/mol. The van der Waals surface area contributed by atoms with Gasteiger partial charge >= 0.3 is 0 Å². The number of benzene rings is 6. The van der Waals surface area contributed by atoms with Crippen molar-refractivity contribution in [3.05, 3.63) is 144 Å². The second-order valence-electron chi connectivity index (χ2n) is 11.8. The molecule has 9 rings (SSSR count). The molecule has 0 unspecified atom stereocenters. The van der Waals surface area contributed by atoms with E-state index in [1.165, 1.54) is 81.5 Å². The highest BCUT2D eigenvalue weighted by molar-refractivity contribution is 7.84. The number of hydrogen-bond acceptors (Lipinski definition) is 1. The molecule has 0 fully saturated rings. The maximum Gasteiger partial charge on any atom is 0.0629 e. The van der Waals surface area contributed by atoms with Crippen LogP contribution in [0.3, 0.4) is 0 Å². The molecule has 43 heavy (non-hydrogen) atoms. The molecule has 3 heterocycles. The van der Waals surface area contributed by atoms with Gasteiger partial charge in [-0.3, -0.25) is 0 Å². The Hall–Kier alpha value is -3.59. The van der Waals surface area contributed by atoms with Crippen LogP contribution in [-0.4, -0.2) is 0 Å². The smallest absolute Gasteiger partial charge is 0.0629 e. The first-order valence-corrected chi connectivity index (χ1v) is 18.9. The quantitative estimate of drug-likeness (QED) is 0.214. The Labute approximate surface area is 257 Å². The molecule has 0 spiro atoms. The highest BCUT2D eigenvalue weighted by Crippen LogP contribution is 2.59. The zero-order valence-electron chi connectivity index (χ0n) is 24.4. The van der Waals surface area contributed by atoms with Crippen LogP contribution in [-0.2, 0) is 0 Å². The van der Waals surface area contributed by atoms with Gasteiger partial charge in [0, 0.05) is 31.8 Å². The van der Waals surface area contributed by atoms with Gasteiger partial charge in [-0.15, -0.1) is 0 Å². The second kappa shape index (κ2) is 9.71. The van der Waals surface area contributed by atoms with E-state index >= 15 is 0 Å². The normalized spacial score (nSPS) is 18.8. The molecule has 3 aliphatic rings. The van der Waals surface area contributed by atoms with E-state index in [9.17, 15) is 0 Å². The van der Waals surface area contributed by atoms with Crippen LogP contribution >= 0.6 is 23.8 Å². The van der Waals surface area contributed by atoms with Crippen LogP contribution in [0.2, 0.25) is 0 Å². The Kier molecular flexibility index (Phi) is 5.84. The van der Waals surface area contributed by atoms with E-state index in [0.29, 0.717) is 0 Å². The van der Waals surface area contributed by atoms with Crippen molar-refractivity contribution in [3.63, 3.8) is 0 Å². The summed E-state index contributed by atoms with van der Waals surface area (Å²) in [7, 11) is -2.17. The molecule has 0 atom stereocenters. The Morgan fingerprint density at radius 1 is 0.349 bits per heavy atom. The van der Waals surface area contributed by atoms with E-state index in [2.05, 4.69) is 153 Å². The molecule has 0 radical (unpaired) electrons. The first-order chi connectivity index (χ1) is 21.1. The Morgan fingerprint density at radius 3 is 0.814 bits per heavy atom. The highest BCUT2D eigenvalue weighted by atomic mass is 31.1. The summed E-state index contributed by atoms with van der Waals surface area (Å²) in [6, 6.07) is 49.0. The minimum absolute atomic E-state index is 0.725. The zero-order chi connectivity index (χ0) is 28.8. The minimum atomic E-state index is -0.725. The Morgan fingerprint density at radius 2 is 0.581 bits per heavy atom. The molecule has 1 nitrogen and oxygen atoms in total. The second-order valence-corrected chi connectivity index (χ2v) is 18.3. The van der Waals surface area contributed by atoms with Gasteiger partial charge in [0.05, 0.1) is 17.1 Å². The number of aryl methyl sites for hydroxylation is 3. The predicted octanol–water partition coefficient (Wildman–Crippen LogP) is 6.30. The van der Waals surface area contributed by atoms with Crippen LogP contribution in [0.25, 0.3) is 0 Å². The van der Waals surface area contributed by atoms with Gasteiger partial charge in [0.25, 0.3) is 0 Å². The lowest BCUT2D eigenvalue weighted by Crippen LogP contribution is -2.50. The summed E-state index contributed by atoms with van der Waals surface area (Å²) < 4.78 is 0. The van der Waals surface area contributed by atoms with Gasteiger partial charge in [-0.05, 0) is 114 Å². The van der Waals surface area contributed by atoms with Gasteiger partial charge in [-0.2, -0.15) is 0 Å². The Balaban J connectivity index is 1.48. The van der Waals surface area contributed by atoms with Crippen LogP contribution in [0.15, 0.2) is 127 Å². The van der Waals surface area contributed by atoms with Gasteiger partial charge in [-0.25, -0.2) is 0 Å². The Bertz CT molecular complexity index is 1760. The average Bonchev–Trinajstić information content (AvgIpc) is 3.02. The lowest BCUT2D eigenvalue weighted by atomic mass is 10.1. The average molecular weight is 606 g/mol. The van der Waals surface area contributed by atoms with Crippen LogP contribution < -0.4 is 52.6 Å². The lowest BCUT2D eigenvalue weighted by molar-refractivity contribution is 1.31. The zero-order valence-corrected chi connectivity index (χ0v) is 27.1. The summed E-state index contributed by atoms with van der Waals surface area (Å²) >= 11 is 0. The fraction of sp³-hybridized carbons (Fsp3) is 0.0769. The highest BCUT2D eigenvalue weighted by Gasteiger charge is 2.47. The van der Waals surface area contributed by atoms with Gasteiger partial charge in [0.1, 0.15) is 0 Å². The first kappa shape index (κ1) is 25.9. The van der Waals surface area contributed by atoms with Crippen molar-refractivity contribution in [2.45, 2.75) is 20.8 Å². The minimum Gasteiger partial charge on any atom is -0.306 e. The summed E-state index contributed by atoms with van der Waals surface area (Å²) in [4.78, 5) is 2.73. The molecule has 0 saturated heterocycles. The van der Waals surface area contributed by atoms with Crippen molar-refractivity contribution in [1.29, 1.82) is 0 Å². The maximum atomic E-state index is 2.73. The van der Waals surface area contributed by atoms with Crippen molar-refractivity contribution in [1.82, 2.24) is 0 Å². The van der Waals surface area contributed by atoms with E-state index in [-0.39, 0.29) is 0 Å². The molecule has 6 aromatic rings. The standard InChI is InChI=1S/C39H30NP3/c1-25-19-31-37-32(20-25)42(29-15-9-5-10-16-29)34-22-27(3)24-36-39(34)40(37)38-33(41(31)28-13-7-4-8-14-28)21-26(2)23-35(38)43(36)30-17-11-6-12-18-30/h4-24H,1-3H3. The fourth-order valence-corrected chi connectivity index (χ4v) is 15.9. The van der Waals surface area contributed by atoms with E-state index in [0.717, 1.165) is 0 Å². The van der Waals surface area contributed by atoms with Crippen LogP contribution in [0.4, 0.5) is 17.1 Å². The maximum absolute atomic E-state index is 2.73. The molecule has 0 N–H and O–H groups in total. The van der Waals surface area contributed by atoms with Gasteiger partial charge < -0.3 is 4.90 Å². The first-order valence-electron chi connectivity index (χ1n) is 14.9. The topological polar surface area (TPSA) is 3.24 Å². The molecule has 206 valence electrons. The van der Waals surface area contributed by atoms with Crippen LogP contribution in [0.1, 0.15) is 16.7 Å². The number of hydrogen-bond donors (Lipinski definition) is 0. The molecule has 0 aliphatic carbocycles. The van der Waals surface area contributed by atoms with Crippen molar-refractivity contribution in [2.24, 2.45) is 0 Å². The van der Waals surface area contributed by atoms with Gasteiger partial charge in [0.2, 0.25) is 0 Å². The summed E-state index contributed by atoms with van der Waals surface area (Å²) in [5.41, 5.74) is 8.43. The molecule has 6 aromatic carbocycles. The van der Waals surface area contributed by atoms with Crippen molar-refractivity contribution < 1.29 is 0 Å². The summed E-state index contributed by atoms with van der Waals surface area (Å²) in [6.07, 6.45) is 0. The SMILES string of the molecule is Cc1cc2c3c(c1)P(c1ccccc1)c1cc(C)cc4c1N3c1c(cc(C)cc1P4c1ccccc1)P2c1ccccc1. The van der Waals surface area contributed by atoms with E-state index in [1.807, 2.05) is 0 Å². The summed E-state index contributed by atoms with van der Waals surface area (Å²) in [5.74, 6) is 0.